The van der Waals surface area contributed by atoms with Crippen LogP contribution in [0.25, 0.3) is 0 Å². The molecule has 0 saturated carbocycles. The lowest BCUT2D eigenvalue weighted by Gasteiger charge is -1.92. The molecule has 0 aromatic carbocycles. The summed E-state index contributed by atoms with van der Waals surface area (Å²) in [6.45, 7) is 7.93. The lowest BCUT2D eigenvalue weighted by molar-refractivity contribution is 0.906. The summed E-state index contributed by atoms with van der Waals surface area (Å²) in [5.41, 5.74) is 1.43. The first-order chi connectivity index (χ1) is 4.81. The molecule has 0 saturated heterocycles. The maximum Gasteiger partial charge on any atom is -0.0323 e. The second-order valence-corrected chi connectivity index (χ2v) is 2.38. The molecule has 0 atom stereocenters. The van der Waals surface area contributed by atoms with Crippen LogP contribution in [0.5, 0.6) is 0 Å². The van der Waals surface area contributed by atoms with E-state index in [1.807, 2.05) is 12.2 Å². The topological polar surface area (TPSA) is 0 Å². The minimum absolute atomic E-state index is 0. The highest BCUT2D eigenvalue weighted by Gasteiger charge is 1.81. The monoisotopic (exact) mass is 152 g/mol. The second kappa shape index (κ2) is 9.22. The Hall–Kier alpha value is -0.780. The summed E-state index contributed by atoms with van der Waals surface area (Å²) in [6, 6.07) is 0. The molecule has 0 radical (unpaired) electrons. The van der Waals surface area contributed by atoms with Crippen molar-refractivity contribution < 1.29 is 0 Å². The third kappa shape index (κ3) is 9.22. The normalized spacial score (nSPS) is 11.3. The van der Waals surface area contributed by atoms with Crippen LogP contribution in [0.4, 0.5) is 0 Å². The third-order valence-electron chi connectivity index (χ3n) is 1.27. The fourth-order valence-corrected chi connectivity index (χ4v) is 0.776. The van der Waals surface area contributed by atoms with Crippen LogP contribution in [0.15, 0.2) is 36.5 Å². The molecule has 0 aliphatic rings. The maximum absolute atomic E-state index is 3.59. The van der Waals surface area contributed by atoms with Crippen LogP contribution in [0.2, 0.25) is 0 Å². The molecule has 11 heavy (non-hydrogen) atoms. The van der Waals surface area contributed by atoms with Crippen LogP contribution in [0.1, 0.15) is 34.1 Å². The standard InChI is InChI=1S/C10H16.CH4/c1-4-6-7-9-10(3)8-5-2;/h4,6-7,9H,1,5,8H2,2-3H3;1H4/b7-6-,10-9+;. The van der Waals surface area contributed by atoms with Crippen molar-refractivity contribution in [3.05, 3.63) is 36.5 Å². The van der Waals surface area contributed by atoms with Gasteiger partial charge in [0.15, 0.2) is 0 Å². The van der Waals surface area contributed by atoms with Crippen LogP contribution in [-0.4, -0.2) is 0 Å². The molecule has 0 fully saturated rings. The molecular weight excluding hydrogens is 132 g/mol. The first kappa shape index (κ1) is 12.9. The smallest absolute Gasteiger partial charge is 0.0323 e. The van der Waals surface area contributed by atoms with Crippen LogP contribution >= 0.6 is 0 Å². The van der Waals surface area contributed by atoms with E-state index in [4.69, 9.17) is 0 Å². The van der Waals surface area contributed by atoms with Gasteiger partial charge in [0.2, 0.25) is 0 Å². The van der Waals surface area contributed by atoms with E-state index in [0.29, 0.717) is 0 Å². The molecule has 0 unspecified atom stereocenters. The van der Waals surface area contributed by atoms with E-state index in [9.17, 15) is 0 Å². The number of allylic oxidation sites excluding steroid dienone is 5. The molecule has 0 aromatic heterocycles. The van der Waals surface area contributed by atoms with Crippen molar-refractivity contribution in [1.82, 2.24) is 0 Å². The lowest BCUT2D eigenvalue weighted by Crippen LogP contribution is -1.71. The fourth-order valence-electron chi connectivity index (χ4n) is 0.776. The van der Waals surface area contributed by atoms with E-state index < -0.39 is 0 Å². The molecule has 0 spiro atoms. The molecule has 0 aliphatic carbocycles. The van der Waals surface area contributed by atoms with E-state index in [1.54, 1.807) is 6.08 Å². The number of hydrogen-bond acceptors (Lipinski definition) is 0. The Morgan fingerprint density at radius 3 is 2.45 bits per heavy atom. The van der Waals surface area contributed by atoms with Gasteiger partial charge >= 0.3 is 0 Å². The van der Waals surface area contributed by atoms with E-state index in [1.165, 1.54) is 18.4 Å². The van der Waals surface area contributed by atoms with Gasteiger partial charge in [0.05, 0.1) is 0 Å². The van der Waals surface area contributed by atoms with Gasteiger partial charge in [-0.15, -0.1) is 0 Å². The highest BCUT2D eigenvalue weighted by Crippen LogP contribution is 2.02. The first-order valence-electron chi connectivity index (χ1n) is 3.76. The van der Waals surface area contributed by atoms with E-state index in [-0.39, 0.29) is 7.43 Å². The van der Waals surface area contributed by atoms with Gasteiger partial charge in [-0.2, -0.15) is 0 Å². The van der Waals surface area contributed by atoms with Crippen molar-refractivity contribution >= 4 is 0 Å². The Balaban J connectivity index is 0. The Morgan fingerprint density at radius 1 is 1.36 bits per heavy atom. The molecule has 0 heteroatoms. The Kier molecular flexibility index (Phi) is 10.8. The highest BCUT2D eigenvalue weighted by atomic mass is 13.9. The third-order valence-corrected chi connectivity index (χ3v) is 1.27. The average Bonchev–Trinajstić information content (AvgIpc) is 1.89. The van der Waals surface area contributed by atoms with Gasteiger partial charge in [-0.1, -0.05) is 57.2 Å². The first-order valence-corrected chi connectivity index (χ1v) is 3.76. The van der Waals surface area contributed by atoms with Crippen molar-refractivity contribution in [2.24, 2.45) is 0 Å². The zero-order chi connectivity index (χ0) is 7.82. The highest BCUT2D eigenvalue weighted by molar-refractivity contribution is 5.13. The van der Waals surface area contributed by atoms with Crippen molar-refractivity contribution in [3.8, 4) is 0 Å². The summed E-state index contributed by atoms with van der Waals surface area (Å²) < 4.78 is 0. The molecule has 0 heterocycles. The van der Waals surface area contributed by atoms with E-state index >= 15 is 0 Å². The van der Waals surface area contributed by atoms with Crippen molar-refractivity contribution in [1.29, 1.82) is 0 Å². The minimum Gasteiger partial charge on any atom is -0.0991 e. The molecular formula is C11H20. The van der Waals surface area contributed by atoms with E-state index in [2.05, 4.69) is 26.5 Å². The molecule has 0 bridgehead atoms. The maximum atomic E-state index is 3.59. The van der Waals surface area contributed by atoms with Crippen LogP contribution in [-0.2, 0) is 0 Å². The summed E-state index contributed by atoms with van der Waals surface area (Å²) in [5, 5.41) is 0. The Labute approximate surface area is 71.3 Å². The summed E-state index contributed by atoms with van der Waals surface area (Å²) in [5.74, 6) is 0. The molecule has 0 nitrogen and oxygen atoms in total. The second-order valence-electron chi connectivity index (χ2n) is 2.38. The largest absolute Gasteiger partial charge is 0.0991 e. The van der Waals surface area contributed by atoms with Crippen LogP contribution in [0, 0.1) is 0 Å². The Bertz CT molecular complexity index is 138. The van der Waals surface area contributed by atoms with Gasteiger partial charge < -0.3 is 0 Å². The quantitative estimate of drug-likeness (QED) is 0.532. The fraction of sp³-hybridized carbons (Fsp3) is 0.455. The van der Waals surface area contributed by atoms with Crippen molar-refractivity contribution in [2.75, 3.05) is 0 Å². The lowest BCUT2D eigenvalue weighted by atomic mass is 10.1. The molecule has 0 aromatic rings. The summed E-state index contributed by atoms with van der Waals surface area (Å²) >= 11 is 0. The Morgan fingerprint density at radius 2 is 2.00 bits per heavy atom. The van der Waals surface area contributed by atoms with Gasteiger partial charge in [0, 0.05) is 0 Å². The minimum atomic E-state index is 0. The zero-order valence-corrected chi connectivity index (χ0v) is 6.93. The van der Waals surface area contributed by atoms with Gasteiger partial charge in [-0.05, 0) is 13.3 Å². The summed E-state index contributed by atoms with van der Waals surface area (Å²) in [4.78, 5) is 0. The van der Waals surface area contributed by atoms with Gasteiger partial charge in [-0.3, -0.25) is 0 Å². The number of rotatable bonds is 4. The zero-order valence-electron chi connectivity index (χ0n) is 6.93. The molecule has 0 aliphatic heterocycles. The van der Waals surface area contributed by atoms with Crippen LogP contribution < -0.4 is 0 Å². The van der Waals surface area contributed by atoms with Gasteiger partial charge in [0.1, 0.15) is 0 Å². The average molecular weight is 152 g/mol. The van der Waals surface area contributed by atoms with Gasteiger partial charge in [-0.25, -0.2) is 0 Å². The van der Waals surface area contributed by atoms with Crippen LogP contribution in [0.3, 0.4) is 0 Å². The van der Waals surface area contributed by atoms with E-state index in [0.717, 1.165) is 0 Å². The van der Waals surface area contributed by atoms with Crippen molar-refractivity contribution in [2.45, 2.75) is 34.1 Å². The summed E-state index contributed by atoms with van der Waals surface area (Å²) in [6.07, 6.45) is 10.3. The van der Waals surface area contributed by atoms with Gasteiger partial charge in [0.25, 0.3) is 0 Å². The molecule has 0 rings (SSSR count). The molecule has 64 valence electrons. The van der Waals surface area contributed by atoms with Crippen molar-refractivity contribution in [3.63, 3.8) is 0 Å². The molecule has 0 N–H and O–H groups in total. The number of hydrogen-bond donors (Lipinski definition) is 0. The molecule has 0 amide bonds. The predicted octanol–water partition coefficient (Wildman–Crippen LogP) is 4.11. The summed E-state index contributed by atoms with van der Waals surface area (Å²) in [7, 11) is 0. The SMILES string of the molecule is C.C=C/C=C\C=C(/C)CCC. The predicted molar refractivity (Wildman–Crippen MR) is 54.7 cm³/mol.